The first kappa shape index (κ1) is 14.9. The molecule has 0 bridgehead atoms. The Labute approximate surface area is 120 Å². The van der Waals surface area contributed by atoms with Gasteiger partial charge in [-0.05, 0) is 55.4 Å². The van der Waals surface area contributed by atoms with E-state index in [1.54, 1.807) is 0 Å². The summed E-state index contributed by atoms with van der Waals surface area (Å²) in [5.74, 6) is 0. The molecule has 0 saturated carbocycles. The van der Waals surface area contributed by atoms with Crippen LogP contribution in [0.25, 0.3) is 0 Å². The molecule has 0 unspecified atom stereocenters. The topological polar surface area (TPSA) is 74.2 Å². The van der Waals surface area contributed by atoms with E-state index in [1.807, 2.05) is 55.4 Å². The molecular weight excluding hydrogens is 252 g/mol. The van der Waals surface area contributed by atoms with Gasteiger partial charge in [0.1, 0.15) is 22.2 Å². The lowest BCUT2D eigenvalue weighted by Crippen LogP contribution is -2.40. The van der Waals surface area contributed by atoms with Gasteiger partial charge in [0.25, 0.3) is 0 Å². The molecule has 0 radical (unpaired) electrons. The fourth-order valence-corrected chi connectivity index (χ4v) is 2.78. The molecule has 2 rings (SSSR count). The van der Waals surface area contributed by atoms with Crippen molar-refractivity contribution in [3.8, 4) is 0 Å². The van der Waals surface area contributed by atoms with Gasteiger partial charge in [-0.2, -0.15) is 30.7 Å². The summed E-state index contributed by atoms with van der Waals surface area (Å²) in [4.78, 5) is 0. The third kappa shape index (κ3) is 2.31. The van der Waals surface area contributed by atoms with Crippen molar-refractivity contribution in [1.29, 1.82) is 0 Å². The van der Waals surface area contributed by atoms with Gasteiger partial charge < -0.3 is 0 Å². The third-order valence-corrected chi connectivity index (χ3v) is 3.67. The second-order valence-corrected chi connectivity index (χ2v) is 7.53. The quantitative estimate of drug-likeness (QED) is 0.653. The van der Waals surface area contributed by atoms with Gasteiger partial charge in [0, 0.05) is 0 Å². The first-order chi connectivity index (χ1) is 8.89. The maximum Gasteiger partial charge on any atom is 0.118 e. The zero-order valence-electron chi connectivity index (χ0n) is 13.7. The van der Waals surface area contributed by atoms with Gasteiger partial charge in [-0.15, -0.1) is 0 Å². The average molecular weight is 276 g/mol. The van der Waals surface area contributed by atoms with Crippen LogP contribution in [0.4, 0.5) is 0 Å². The second kappa shape index (κ2) is 4.02. The van der Waals surface area contributed by atoms with Crippen LogP contribution in [0.15, 0.2) is 30.7 Å². The maximum atomic E-state index is 4.50. The van der Waals surface area contributed by atoms with E-state index in [4.69, 9.17) is 0 Å². The Morgan fingerprint density at radius 3 is 0.900 bits per heavy atom. The van der Waals surface area contributed by atoms with Gasteiger partial charge in [0.05, 0.1) is 11.4 Å². The minimum atomic E-state index is -0.408. The molecule has 0 spiro atoms. The fourth-order valence-electron chi connectivity index (χ4n) is 2.78. The van der Waals surface area contributed by atoms with Crippen molar-refractivity contribution in [2.75, 3.05) is 0 Å². The van der Waals surface area contributed by atoms with Gasteiger partial charge in [0.15, 0.2) is 0 Å². The van der Waals surface area contributed by atoms with Gasteiger partial charge >= 0.3 is 0 Å². The van der Waals surface area contributed by atoms with Gasteiger partial charge in [-0.3, -0.25) is 0 Å². The molecular formula is C14H24N6. The summed E-state index contributed by atoms with van der Waals surface area (Å²) >= 11 is 0. The molecule has 0 saturated heterocycles. The number of azo groups is 2. The van der Waals surface area contributed by atoms with Crippen LogP contribution in [0, 0.1) is 0 Å². The predicted molar refractivity (Wildman–Crippen MR) is 80.9 cm³/mol. The molecule has 0 fully saturated rings. The molecule has 0 aromatic heterocycles. The van der Waals surface area contributed by atoms with Crippen LogP contribution in [0.3, 0.4) is 0 Å². The van der Waals surface area contributed by atoms with Gasteiger partial charge in [-0.25, -0.2) is 0 Å². The Balaban J connectivity index is 2.45. The first-order valence-electron chi connectivity index (χ1n) is 6.94. The highest BCUT2D eigenvalue weighted by Gasteiger charge is 2.45. The van der Waals surface area contributed by atoms with Crippen LogP contribution in [-0.4, -0.2) is 33.6 Å². The van der Waals surface area contributed by atoms with Crippen LogP contribution in [0.2, 0.25) is 0 Å². The van der Waals surface area contributed by atoms with Crippen LogP contribution in [-0.2, 0) is 0 Å². The van der Waals surface area contributed by atoms with Crippen molar-refractivity contribution in [2.45, 2.75) is 77.5 Å². The maximum absolute atomic E-state index is 4.50. The molecule has 0 atom stereocenters. The summed E-state index contributed by atoms with van der Waals surface area (Å²) < 4.78 is 0. The minimum Gasteiger partial charge on any atom is -0.181 e. The van der Waals surface area contributed by atoms with E-state index in [1.165, 1.54) is 0 Å². The smallest absolute Gasteiger partial charge is 0.118 e. The van der Waals surface area contributed by atoms with Crippen molar-refractivity contribution in [2.24, 2.45) is 30.7 Å². The summed E-state index contributed by atoms with van der Waals surface area (Å²) in [5, 5.41) is 26.2. The SMILES string of the molecule is CC1(C)N=NC(C)(C)C1=NN=C1C(C)(C)N=NC1(C)C. The molecule has 6 nitrogen and oxygen atoms in total. The molecule has 2 aliphatic heterocycles. The second-order valence-electron chi connectivity index (χ2n) is 7.53. The number of hydrogen-bond donors (Lipinski definition) is 0. The molecule has 0 aromatic carbocycles. The molecule has 0 amide bonds. The summed E-state index contributed by atoms with van der Waals surface area (Å²) in [7, 11) is 0. The van der Waals surface area contributed by atoms with Crippen molar-refractivity contribution in [3.63, 3.8) is 0 Å². The molecule has 6 heteroatoms. The van der Waals surface area contributed by atoms with Crippen molar-refractivity contribution in [3.05, 3.63) is 0 Å². The minimum absolute atomic E-state index is 0.408. The van der Waals surface area contributed by atoms with Crippen LogP contribution in [0.5, 0.6) is 0 Å². The van der Waals surface area contributed by atoms with E-state index in [0.29, 0.717) is 0 Å². The van der Waals surface area contributed by atoms with E-state index in [0.717, 1.165) is 11.4 Å². The largest absolute Gasteiger partial charge is 0.181 e. The van der Waals surface area contributed by atoms with E-state index in [9.17, 15) is 0 Å². The molecule has 110 valence electrons. The Morgan fingerprint density at radius 2 is 0.700 bits per heavy atom. The number of hydrogen-bond acceptors (Lipinski definition) is 6. The molecule has 0 aromatic rings. The summed E-state index contributed by atoms with van der Waals surface area (Å²) in [6.45, 7) is 16.0. The van der Waals surface area contributed by atoms with Crippen LogP contribution in [0.1, 0.15) is 55.4 Å². The van der Waals surface area contributed by atoms with Crippen molar-refractivity contribution in [1.82, 2.24) is 0 Å². The lowest BCUT2D eigenvalue weighted by atomic mass is 9.87. The Kier molecular flexibility index (Phi) is 3.00. The number of nitrogens with zero attached hydrogens (tertiary/aromatic N) is 6. The van der Waals surface area contributed by atoms with E-state index < -0.39 is 22.2 Å². The molecule has 0 aliphatic carbocycles. The summed E-state index contributed by atoms with van der Waals surface area (Å²) in [5.41, 5.74) is 0.111. The lowest BCUT2D eigenvalue weighted by molar-refractivity contribution is 0.678. The van der Waals surface area contributed by atoms with E-state index >= 15 is 0 Å². The first-order valence-corrected chi connectivity index (χ1v) is 6.94. The van der Waals surface area contributed by atoms with Gasteiger partial charge in [-0.1, -0.05) is 0 Å². The normalized spacial score (nSPS) is 28.0. The Morgan fingerprint density at radius 1 is 0.500 bits per heavy atom. The Hall–Kier alpha value is -1.46. The lowest BCUT2D eigenvalue weighted by Gasteiger charge is -2.23. The fraction of sp³-hybridized carbons (Fsp3) is 0.857. The molecule has 2 heterocycles. The van der Waals surface area contributed by atoms with Crippen LogP contribution < -0.4 is 0 Å². The van der Waals surface area contributed by atoms with Crippen LogP contribution >= 0.6 is 0 Å². The summed E-state index contributed by atoms with van der Waals surface area (Å²) in [6, 6.07) is 0. The molecule has 20 heavy (non-hydrogen) atoms. The standard InChI is InChI=1S/C14H24N6/c1-11(2)9(12(3,4)18-17-11)15-16-10-13(5,6)19-20-14(10,7)8/h1-8H3. The molecule has 2 aliphatic rings. The van der Waals surface area contributed by atoms with Crippen molar-refractivity contribution < 1.29 is 0 Å². The Bertz CT molecular complexity index is 456. The highest BCUT2D eigenvalue weighted by atomic mass is 15.3. The van der Waals surface area contributed by atoms with E-state index in [-0.39, 0.29) is 0 Å². The highest BCUT2D eigenvalue weighted by Crippen LogP contribution is 2.34. The summed E-state index contributed by atoms with van der Waals surface area (Å²) in [6.07, 6.45) is 0. The average Bonchev–Trinajstić information content (AvgIpc) is 2.60. The zero-order chi connectivity index (χ0) is 15.4. The van der Waals surface area contributed by atoms with E-state index in [2.05, 4.69) is 30.7 Å². The molecule has 0 N–H and O–H groups in total. The highest BCUT2D eigenvalue weighted by molar-refractivity contribution is 6.04. The zero-order valence-corrected chi connectivity index (χ0v) is 13.7. The monoisotopic (exact) mass is 276 g/mol. The van der Waals surface area contributed by atoms with Gasteiger partial charge in [0.2, 0.25) is 0 Å². The van der Waals surface area contributed by atoms with Crippen molar-refractivity contribution >= 4 is 11.4 Å². The third-order valence-electron chi connectivity index (χ3n) is 3.67. The predicted octanol–water partition coefficient (Wildman–Crippen LogP) is 3.83. The number of rotatable bonds is 1.